The first-order chi connectivity index (χ1) is 9.87. The lowest BCUT2D eigenvalue weighted by Crippen LogP contribution is -2.39. The second-order valence-electron chi connectivity index (χ2n) is 5.29. The summed E-state index contributed by atoms with van der Waals surface area (Å²) >= 11 is 12.0. The van der Waals surface area contributed by atoms with Crippen LogP contribution in [0.2, 0.25) is 10.0 Å². The standard InChI is InChI=1S/C16H17Cl2NO2/c1-10(2)16(21,11-4-3-7-19-9-11)15(20)13-6-5-12(17)8-14(13)18/h3-10,15,20-21H,1-2H3. The Labute approximate surface area is 134 Å². The molecule has 112 valence electrons. The smallest absolute Gasteiger partial charge is 0.123 e. The van der Waals surface area contributed by atoms with Crippen molar-refractivity contribution in [2.45, 2.75) is 25.6 Å². The number of hydrogen-bond acceptors (Lipinski definition) is 3. The zero-order chi connectivity index (χ0) is 15.6. The van der Waals surface area contributed by atoms with Crippen LogP contribution in [0.4, 0.5) is 0 Å². The number of hydrogen-bond donors (Lipinski definition) is 2. The van der Waals surface area contributed by atoms with E-state index in [1.165, 1.54) is 0 Å². The lowest BCUT2D eigenvalue weighted by molar-refractivity contribution is -0.115. The Morgan fingerprint density at radius 3 is 2.43 bits per heavy atom. The van der Waals surface area contributed by atoms with Crippen LogP contribution < -0.4 is 0 Å². The average molecular weight is 326 g/mol. The molecule has 2 N–H and O–H groups in total. The predicted octanol–water partition coefficient (Wildman–Crippen LogP) is 3.97. The third kappa shape index (κ3) is 3.06. The topological polar surface area (TPSA) is 53.4 Å². The summed E-state index contributed by atoms with van der Waals surface area (Å²) in [6, 6.07) is 8.26. The number of nitrogens with zero attached hydrogens (tertiary/aromatic N) is 1. The number of rotatable bonds is 4. The van der Waals surface area contributed by atoms with E-state index in [1.807, 2.05) is 13.8 Å². The van der Waals surface area contributed by atoms with Crippen molar-refractivity contribution in [3.8, 4) is 0 Å². The lowest BCUT2D eigenvalue weighted by Gasteiger charge is -2.37. The largest absolute Gasteiger partial charge is 0.385 e. The van der Waals surface area contributed by atoms with Gasteiger partial charge >= 0.3 is 0 Å². The van der Waals surface area contributed by atoms with Crippen molar-refractivity contribution in [1.29, 1.82) is 0 Å². The van der Waals surface area contributed by atoms with E-state index in [4.69, 9.17) is 23.2 Å². The van der Waals surface area contributed by atoms with Crippen LogP contribution in [0.25, 0.3) is 0 Å². The summed E-state index contributed by atoms with van der Waals surface area (Å²) in [5.41, 5.74) is -0.522. The molecule has 0 saturated heterocycles. The highest BCUT2D eigenvalue weighted by Gasteiger charge is 2.42. The van der Waals surface area contributed by atoms with Crippen molar-refractivity contribution in [2.75, 3.05) is 0 Å². The van der Waals surface area contributed by atoms with Crippen molar-refractivity contribution < 1.29 is 10.2 Å². The molecule has 0 radical (unpaired) electrons. The van der Waals surface area contributed by atoms with E-state index in [9.17, 15) is 10.2 Å². The van der Waals surface area contributed by atoms with Crippen molar-refractivity contribution in [3.05, 3.63) is 63.9 Å². The molecule has 2 rings (SSSR count). The number of aliphatic hydroxyl groups is 2. The van der Waals surface area contributed by atoms with E-state index in [0.29, 0.717) is 21.2 Å². The zero-order valence-electron chi connectivity index (χ0n) is 11.8. The molecule has 1 aromatic heterocycles. The molecular weight excluding hydrogens is 309 g/mol. The fraction of sp³-hybridized carbons (Fsp3) is 0.312. The quantitative estimate of drug-likeness (QED) is 0.894. The van der Waals surface area contributed by atoms with Crippen LogP contribution in [0.15, 0.2) is 42.7 Å². The molecule has 21 heavy (non-hydrogen) atoms. The molecule has 0 aliphatic heterocycles. The summed E-state index contributed by atoms with van der Waals surface area (Å²) in [6.07, 6.45) is 1.98. The van der Waals surface area contributed by atoms with Gasteiger partial charge in [0.15, 0.2) is 0 Å². The SMILES string of the molecule is CC(C)C(O)(c1cccnc1)C(O)c1ccc(Cl)cc1Cl. The van der Waals surface area contributed by atoms with Crippen molar-refractivity contribution >= 4 is 23.2 Å². The van der Waals surface area contributed by atoms with E-state index in [1.54, 1.807) is 42.7 Å². The normalized spacial score (nSPS) is 15.8. The second kappa shape index (κ2) is 6.32. The lowest BCUT2D eigenvalue weighted by atomic mass is 9.77. The second-order valence-corrected chi connectivity index (χ2v) is 6.13. The van der Waals surface area contributed by atoms with Crippen LogP contribution in [0, 0.1) is 5.92 Å². The molecule has 0 spiro atoms. The minimum atomic E-state index is -1.49. The zero-order valence-corrected chi connectivity index (χ0v) is 13.3. The highest BCUT2D eigenvalue weighted by Crippen LogP contribution is 2.43. The summed E-state index contributed by atoms with van der Waals surface area (Å²) in [4.78, 5) is 4.02. The van der Waals surface area contributed by atoms with E-state index < -0.39 is 11.7 Å². The van der Waals surface area contributed by atoms with Gasteiger partial charge in [0.1, 0.15) is 11.7 Å². The molecule has 1 heterocycles. The molecule has 0 fully saturated rings. The molecule has 2 aromatic rings. The van der Waals surface area contributed by atoms with Gasteiger partial charge in [0, 0.05) is 33.6 Å². The summed E-state index contributed by atoms with van der Waals surface area (Å²) in [6.45, 7) is 3.67. The van der Waals surface area contributed by atoms with Gasteiger partial charge in [-0.1, -0.05) is 49.2 Å². The first kappa shape index (κ1) is 16.2. The molecule has 1 aromatic carbocycles. The minimum Gasteiger partial charge on any atom is -0.385 e. The molecule has 5 heteroatoms. The van der Waals surface area contributed by atoms with E-state index in [0.717, 1.165) is 0 Å². The molecule has 3 nitrogen and oxygen atoms in total. The van der Waals surface area contributed by atoms with Crippen LogP contribution in [0.3, 0.4) is 0 Å². The first-order valence-corrected chi connectivity index (χ1v) is 7.38. The minimum absolute atomic E-state index is 0.247. The summed E-state index contributed by atoms with van der Waals surface area (Å²) < 4.78 is 0. The van der Waals surface area contributed by atoms with Crippen LogP contribution in [0.1, 0.15) is 31.1 Å². The maximum Gasteiger partial charge on any atom is 0.123 e. The van der Waals surface area contributed by atoms with Gasteiger partial charge in [-0.2, -0.15) is 0 Å². The van der Waals surface area contributed by atoms with Gasteiger partial charge in [0.25, 0.3) is 0 Å². The highest BCUT2D eigenvalue weighted by atomic mass is 35.5. The van der Waals surface area contributed by atoms with E-state index >= 15 is 0 Å². The van der Waals surface area contributed by atoms with Crippen LogP contribution in [-0.2, 0) is 5.60 Å². The highest BCUT2D eigenvalue weighted by molar-refractivity contribution is 6.35. The van der Waals surface area contributed by atoms with Gasteiger partial charge in [-0.15, -0.1) is 0 Å². The monoisotopic (exact) mass is 325 g/mol. The molecule has 2 unspecified atom stereocenters. The number of aromatic nitrogens is 1. The third-order valence-corrected chi connectivity index (χ3v) is 4.24. The predicted molar refractivity (Wildman–Crippen MR) is 84.4 cm³/mol. The number of halogens is 2. The number of aliphatic hydroxyl groups excluding tert-OH is 1. The van der Waals surface area contributed by atoms with Crippen LogP contribution >= 0.6 is 23.2 Å². The van der Waals surface area contributed by atoms with Gasteiger partial charge in [0.2, 0.25) is 0 Å². The summed E-state index contributed by atoms with van der Waals surface area (Å²) in [7, 11) is 0. The van der Waals surface area contributed by atoms with Gasteiger partial charge < -0.3 is 10.2 Å². The summed E-state index contributed by atoms with van der Waals surface area (Å²) in [5, 5.41) is 22.6. The fourth-order valence-electron chi connectivity index (χ4n) is 2.37. The van der Waals surface area contributed by atoms with E-state index in [-0.39, 0.29) is 5.92 Å². The van der Waals surface area contributed by atoms with Crippen molar-refractivity contribution in [3.63, 3.8) is 0 Å². The molecule has 0 saturated carbocycles. The number of pyridine rings is 1. The summed E-state index contributed by atoms with van der Waals surface area (Å²) in [5.74, 6) is -0.247. The fourth-order valence-corrected chi connectivity index (χ4v) is 2.88. The Bertz CT molecular complexity index is 619. The van der Waals surface area contributed by atoms with Crippen LogP contribution in [-0.4, -0.2) is 15.2 Å². The Balaban J connectivity index is 2.52. The Morgan fingerprint density at radius 1 is 1.19 bits per heavy atom. The molecule has 0 bridgehead atoms. The number of benzene rings is 1. The maximum atomic E-state index is 11.1. The molecule has 2 atom stereocenters. The average Bonchev–Trinajstić information content (AvgIpc) is 2.46. The molecular formula is C16H17Cl2NO2. The van der Waals surface area contributed by atoms with Gasteiger partial charge in [-0.25, -0.2) is 0 Å². The Kier molecular flexibility index (Phi) is 4.89. The van der Waals surface area contributed by atoms with Crippen LogP contribution in [0.5, 0.6) is 0 Å². The first-order valence-electron chi connectivity index (χ1n) is 6.63. The Morgan fingerprint density at radius 2 is 1.90 bits per heavy atom. The Hall–Kier alpha value is -1.13. The van der Waals surface area contributed by atoms with Gasteiger partial charge in [0.05, 0.1) is 0 Å². The maximum absolute atomic E-state index is 11.1. The van der Waals surface area contributed by atoms with Gasteiger partial charge in [-0.3, -0.25) is 4.98 Å². The van der Waals surface area contributed by atoms with Crippen molar-refractivity contribution in [1.82, 2.24) is 4.98 Å². The molecule has 0 amide bonds. The van der Waals surface area contributed by atoms with E-state index in [2.05, 4.69) is 4.98 Å². The van der Waals surface area contributed by atoms with Gasteiger partial charge in [-0.05, 0) is 24.1 Å². The molecule has 0 aliphatic rings. The van der Waals surface area contributed by atoms with Crippen molar-refractivity contribution in [2.24, 2.45) is 5.92 Å². The molecule has 0 aliphatic carbocycles. The third-order valence-electron chi connectivity index (χ3n) is 3.68.